The predicted octanol–water partition coefficient (Wildman–Crippen LogP) is 3.40. The second-order valence-electron chi connectivity index (χ2n) is 7.57. The Bertz CT molecular complexity index is 1050. The van der Waals surface area contributed by atoms with Crippen molar-refractivity contribution in [3.63, 3.8) is 0 Å². The van der Waals surface area contributed by atoms with Gasteiger partial charge in [-0.3, -0.25) is 9.59 Å². The molecule has 160 valence electrons. The van der Waals surface area contributed by atoms with Gasteiger partial charge in [0, 0.05) is 24.2 Å². The number of sulfonamides is 1. The van der Waals surface area contributed by atoms with Gasteiger partial charge < -0.3 is 4.90 Å². The zero-order valence-electron chi connectivity index (χ0n) is 17.2. The first-order valence-corrected chi connectivity index (χ1v) is 11.2. The molecular weight excluding hydrogens is 407 g/mol. The molecule has 0 saturated heterocycles. The maximum atomic E-state index is 14.2. The molecule has 30 heavy (non-hydrogen) atoms. The molecule has 0 unspecified atom stereocenters. The highest BCUT2D eigenvalue weighted by atomic mass is 32.2. The zero-order valence-corrected chi connectivity index (χ0v) is 18.0. The lowest BCUT2D eigenvalue weighted by Crippen LogP contribution is -2.43. The quantitative estimate of drug-likeness (QED) is 0.599. The molecule has 1 saturated carbocycles. The van der Waals surface area contributed by atoms with Crippen LogP contribution in [0.4, 0.5) is 4.39 Å². The molecule has 1 atom stereocenters. The van der Waals surface area contributed by atoms with Gasteiger partial charge in [0.2, 0.25) is 15.9 Å². The second-order valence-corrected chi connectivity index (χ2v) is 9.62. The molecular formula is C22H25FN2O4S. The highest BCUT2D eigenvalue weighted by Crippen LogP contribution is 2.35. The van der Waals surface area contributed by atoms with Crippen molar-refractivity contribution >= 4 is 21.7 Å². The molecule has 0 aromatic heterocycles. The average molecular weight is 433 g/mol. The molecule has 0 aliphatic heterocycles. The first-order valence-electron chi connectivity index (χ1n) is 9.76. The lowest BCUT2D eigenvalue weighted by molar-refractivity contribution is -0.134. The van der Waals surface area contributed by atoms with Crippen LogP contribution >= 0.6 is 0 Å². The Morgan fingerprint density at radius 2 is 1.70 bits per heavy atom. The van der Waals surface area contributed by atoms with Gasteiger partial charge in [-0.1, -0.05) is 30.3 Å². The molecule has 3 rings (SSSR count). The van der Waals surface area contributed by atoms with Gasteiger partial charge in [-0.2, -0.15) is 4.31 Å². The van der Waals surface area contributed by atoms with E-state index in [0.29, 0.717) is 11.1 Å². The van der Waals surface area contributed by atoms with Gasteiger partial charge in [0.05, 0.1) is 17.5 Å². The van der Waals surface area contributed by atoms with Crippen molar-refractivity contribution in [2.45, 2.75) is 43.7 Å². The number of ketones is 1. The minimum Gasteiger partial charge on any atom is -0.332 e. The Morgan fingerprint density at radius 1 is 1.10 bits per heavy atom. The maximum absolute atomic E-state index is 14.2. The Kier molecular flexibility index (Phi) is 6.38. The fourth-order valence-electron chi connectivity index (χ4n) is 3.45. The molecule has 1 aliphatic carbocycles. The van der Waals surface area contributed by atoms with Crippen molar-refractivity contribution in [2.75, 3.05) is 13.6 Å². The maximum Gasteiger partial charge on any atom is 0.243 e. The van der Waals surface area contributed by atoms with E-state index in [1.54, 1.807) is 30.0 Å². The van der Waals surface area contributed by atoms with Crippen LogP contribution < -0.4 is 0 Å². The molecule has 0 heterocycles. The fraction of sp³-hybridized carbons (Fsp3) is 0.364. The molecule has 2 aromatic rings. The summed E-state index contributed by atoms with van der Waals surface area (Å²) >= 11 is 0. The Morgan fingerprint density at radius 3 is 2.23 bits per heavy atom. The summed E-state index contributed by atoms with van der Waals surface area (Å²) in [6, 6.07) is 11.4. The monoisotopic (exact) mass is 432 g/mol. The van der Waals surface area contributed by atoms with Crippen molar-refractivity contribution in [1.29, 1.82) is 0 Å². The Hall–Kier alpha value is -2.58. The van der Waals surface area contributed by atoms with E-state index in [1.807, 2.05) is 0 Å². The number of likely N-dealkylation sites (N-methyl/N-ethyl adjacent to an activating group) is 1. The van der Waals surface area contributed by atoms with Crippen molar-refractivity contribution in [3.05, 3.63) is 65.5 Å². The second kappa shape index (κ2) is 8.65. The lowest BCUT2D eigenvalue weighted by Gasteiger charge is -2.31. The van der Waals surface area contributed by atoms with Crippen molar-refractivity contribution < 1.29 is 22.4 Å². The molecule has 0 spiro atoms. The Balaban J connectivity index is 1.78. The molecule has 1 aliphatic rings. The SMILES string of the molecule is CC(=O)c1ccc(S(=O)(=O)N(C)CC(=O)N(C2CC2)[C@@H](C)c2ccccc2F)cc1. The molecule has 0 N–H and O–H groups in total. The number of halogens is 1. The van der Waals surface area contributed by atoms with E-state index in [-0.39, 0.29) is 29.2 Å². The normalized spacial score (nSPS) is 15.1. The molecule has 0 bridgehead atoms. The van der Waals surface area contributed by atoms with E-state index in [0.717, 1.165) is 17.1 Å². The summed E-state index contributed by atoms with van der Waals surface area (Å²) in [5, 5.41) is 0. The fourth-order valence-corrected chi connectivity index (χ4v) is 4.57. The van der Waals surface area contributed by atoms with Crippen LogP contribution in [0.15, 0.2) is 53.4 Å². The van der Waals surface area contributed by atoms with Crippen LogP contribution in [0.2, 0.25) is 0 Å². The van der Waals surface area contributed by atoms with E-state index < -0.39 is 21.9 Å². The summed E-state index contributed by atoms with van der Waals surface area (Å²) < 4.78 is 41.0. The standard InChI is InChI=1S/C22H25FN2O4S/c1-15(20-6-4-5-7-21(20)23)25(18-10-11-18)22(27)14-24(3)30(28,29)19-12-8-17(9-13-19)16(2)26/h4-9,12-13,15,18H,10-11,14H2,1-3H3/t15-/m0/s1. The average Bonchev–Trinajstić information content (AvgIpc) is 3.53. The van der Waals surface area contributed by atoms with E-state index in [2.05, 4.69) is 0 Å². The topological polar surface area (TPSA) is 74.8 Å². The number of amides is 1. The molecule has 8 heteroatoms. The summed E-state index contributed by atoms with van der Waals surface area (Å²) in [4.78, 5) is 26.0. The molecule has 6 nitrogen and oxygen atoms in total. The van der Waals surface area contributed by atoms with Gasteiger partial charge in [-0.25, -0.2) is 12.8 Å². The number of Topliss-reactive ketones (excluding diaryl/α,β-unsaturated/α-hetero) is 1. The van der Waals surface area contributed by atoms with E-state index in [1.165, 1.54) is 44.3 Å². The highest BCUT2D eigenvalue weighted by Gasteiger charge is 2.38. The van der Waals surface area contributed by atoms with Gasteiger partial charge in [-0.15, -0.1) is 0 Å². The van der Waals surface area contributed by atoms with E-state index in [4.69, 9.17) is 0 Å². The van der Waals surface area contributed by atoms with Gasteiger partial charge in [0.25, 0.3) is 0 Å². The largest absolute Gasteiger partial charge is 0.332 e. The summed E-state index contributed by atoms with van der Waals surface area (Å²) in [6.07, 6.45) is 1.63. The minimum atomic E-state index is -3.91. The van der Waals surface area contributed by atoms with E-state index >= 15 is 0 Å². The summed E-state index contributed by atoms with van der Waals surface area (Å²) in [5.41, 5.74) is 0.814. The first-order chi connectivity index (χ1) is 14.1. The Labute approximate surface area is 176 Å². The molecule has 1 fully saturated rings. The number of nitrogens with zero attached hydrogens (tertiary/aromatic N) is 2. The van der Waals surface area contributed by atoms with Crippen LogP contribution in [-0.4, -0.2) is 48.9 Å². The van der Waals surface area contributed by atoms with Crippen LogP contribution in [-0.2, 0) is 14.8 Å². The summed E-state index contributed by atoms with van der Waals surface area (Å²) in [6.45, 7) is 2.80. The van der Waals surface area contributed by atoms with Crippen molar-refractivity contribution in [1.82, 2.24) is 9.21 Å². The molecule has 2 aromatic carbocycles. The molecule has 1 amide bonds. The number of hydrogen-bond acceptors (Lipinski definition) is 4. The van der Waals surface area contributed by atoms with Gasteiger partial charge in [0.15, 0.2) is 5.78 Å². The van der Waals surface area contributed by atoms with Crippen LogP contribution in [0, 0.1) is 5.82 Å². The molecule has 0 radical (unpaired) electrons. The number of benzene rings is 2. The van der Waals surface area contributed by atoms with E-state index in [9.17, 15) is 22.4 Å². The van der Waals surface area contributed by atoms with Gasteiger partial charge in [0.1, 0.15) is 5.82 Å². The van der Waals surface area contributed by atoms with Crippen LogP contribution in [0.5, 0.6) is 0 Å². The minimum absolute atomic E-state index is 0.00271. The third kappa shape index (κ3) is 4.60. The highest BCUT2D eigenvalue weighted by molar-refractivity contribution is 7.89. The zero-order chi connectivity index (χ0) is 22.1. The van der Waals surface area contributed by atoms with Crippen molar-refractivity contribution in [3.8, 4) is 0 Å². The number of hydrogen-bond donors (Lipinski definition) is 0. The van der Waals surface area contributed by atoms with Gasteiger partial charge >= 0.3 is 0 Å². The van der Waals surface area contributed by atoms with Crippen molar-refractivity contribution in [2.24, 2.45) is 0 Å². The lowest BCUT2D eigenvalue weighted by atomic mass is 10.1. The number of rotatable bonds is 8. The van der Waals surface area contributed by atoms with Crippen LogP contribution in [0.3, 0.4) is 0 Å². The first kappa shape index (κ1) is 22.1. The summed E-state index contributed by atoms with van der Waals surface area (Å²) in [7, 11) is -2.58. The third-order valence-corrected chi connectivity index (χ3v) is 7.15. The number of carbonyl (C=O) groups is 2. The van der Waals surface area contributed by atoms with Crippen LogP contribution in [0.25, 0.3) is 0 Å². The third-order valence-electron chi connectivity index (χ3n) is 5.33. The van der Waals surface area contributed by atoms with Crippen LogP contribution in [0.1, 0.15) is 48.7 Å². The summed E-state index contributed by atoms with van der Waals surface area (Å²) in [5.74, 6) is -0.931. The van der Waals surface area contributed by atoms with Gasteiger partial charge in [-0.05, 0) is 44.9 Å². The number of carbonyl (C=O) groups excluding carboxylic acids is 2. The predicted molar refractivity (Wildman–Crippen MR) is 111 cm³/mol. The smallest absolute Gasteiger partial charge is 0.243 e.